The van der Waals surface area contributed by atoms with Crippen LogP contribution in [0.25, 0.3) is 0 Å². The lowest BCUT2D eigenvalue weighted by Gasteiger charge is -2.03. The van der Waals surface area contributed by atoms with E-state index in [-0.39, 0.29) is 0 Å². The molecule has 0 aromatic carbocycles. The van der Waals surface area contributed by atoms with E-state index in [1.54, 1.807) is 12.3 Å². The number of rotatable bonds is 5. The van der Waals surface area contributed by atoms with Crippen LogP contribution in [-0.2, 0) is 6.54 Å². The van der Waals surface area contributed by atoms with Crippen LogP contribution in [0.5, 0.6) is 0 Å². The Hall–Kier alpha value is -1.09. The fraction of sp³-hybridized carbons (Fsp3) is 0.500. The van der Waals surface area contributed by atoms with Crippen molar-refractivity contribution in [3.8, 4) is 0 Å². The minimum absolute atomic E-state index is 0.455. The predicted molar refractivity (Wildman–Crippen MR) is 52.3 cm³/mol. The van der Waals surface area contributed by atoms with Gasteiger partial charge in [0.25, 0.3) is 0 Å². The van der Waals surface area contributed by atoms with Crippen molar-refractivity contribution in [3.05, 3.63) is 30.6 Å². The van der Waals surface area contributed by atoms with Gasteiger partial charge in [0, 0.05) is 18.3 Å². The Morgan fingerprint density at radius 2 is 2.54 bits per heavy atom. The molecule has 1 atom stereocenters. The molecule has 0 radical (unpaired) electrons. The van der Waals surface area contributed by atoms with E-state index in [1.807, 2.05) is 10.9 Å². The molecular formula is C10H16N2O. The maximum atomic E-state index is 9.58. The van der Waals surface area contributed by atoms with E-state index < -0.39 is 6.10 Å². The molecule has 0 saturated carbocycles. The highest BCUT2D eigenvalue weighted by molar-refractivity contribution is 5.08. The van der Waals surface area contributed by atoms with Gasteiger partial charge < -0.3 is 5.11 Å². The van der Waals surface area contributed by atoms with E-state index in [9.17, 15) is 5.11 Å². The number of hydrogen-bond acceptors (Lipinski definition) is 2. The summed E-state index contributed by atoms with van der Waals surface area (Å²) in [5.41, 5.74) is 0.869. The summed E-state index contributed by atoms with van der Waals surface area (Å²) in [4.78, 5) is 0. The summed E-state index contributed by atoms with van der Waals surface area (Å²) >= 11 is 0. The number of aliphatic hydroxyl groups excluding tert-OH is 1. The molecular weight excluding hydrogens is 164 g/mol. The monoisotopic (exact) mass is 180 g/mol. The quantitative estimate of drug-likeness (QED) is 0.703. The molecule has 0 spiro atoms. The number of hydrogen-bond donors (Lipinski definition) is 1. The van der Waals surface area contributed by atoms with Crippen molar-refractivity contribution in [3.63, 3.8) is 0 Å². The van der Waals surface area contributed by atoms with Gasteiger partial charge >= 0.3 is 0 Å². The maximum absolute atomic E-state index is 9.58. The second kappa shape index (κ2) is 4.82. The van der Waals surface area contributed by atoms with Gasteiger partial charge in [-0.2, -0.15) is 5.10 Å². The molecule has 1 unspecified atom stereocenters. The van der Waals surface area contributed by atoms with Gasteiger partial charge in [0.05, 0.1) is 12.3 Å². The van der Waals surface area contributed by atoms with Crippen molar-refractivity contribution >= 4 is 0 Å². The van der Waals surface area contributed by atoms with Crippen LogP contribution < -0.4 is 0 Å². The van der Waals surface area contributed by atoms with Crippen LogP contribution in [0.3, 0.4) is 0 Å². The van der Waals surface area contributed by atoms with E-state index in [0.29, 0.717) is 6.42 Å². The molecule has 0 amide bonds. The zero-order chi connectivity index (χ0) is 9.68. The summed E-state index contributed by atoms with van der Waals surface area (Å²) in [6.07, 6.45) is 6.49. The Kier molecular flexibility index (Phi) is 3.71. The van der Waals surface area contributed by atoms with Crippen LogP contribution in [0.4, 0.5) is 0 Å². The van der Waals surface area contributed by atoms with Gasteiger partial charge in [-0.1, -0.05) is 13.0 Å². The second-order valence-electron chi connectivity index (χ2n) is 3.08. The van der Waals surface area contributed by atoms with E-state index in [1.165, 1.54) is 0 Å². The van der Waals surface area contributed by atoms with Crippen LogP contribution in [0.15, 0.2) is 25.0 Å². The standard InChI is InChI=1S/C10H16N2O/c1-3-5-10(13)9-7-11-12(8-9)6-4-2/h3,7-8,10,13H,1,4-6H2,2H3. The lowest BCUT2D eigenvalue weighted by Crippen LogP contribution is -1.97. The Labute approximate surface area is 78.7 Å². The van der Waals surface area contributed by atoms with Crippen molar-refractivity contribution in [1.29, 1.82) is 0 Å². The van der Waals surface area contributed by atoms with E-state index in [4.69, 9.17) is 0 Å². The first-order chi connectivity index (χ1) is 6.27. The van der Waals surface area contributed by atoms with Crippen molar-refractivity contribution in [1.82, 2.24) is 9.78 Å². The van der Waals surface area contributed by atoms with Gasteiger partial charge in [-0.05, 0) is 12.8 Å². The van der Waals surface area contributed by atoms with Crippen molar-refractivity contribution in [2.24, 2.45) is 0 Å². The number of aliphatic hydroxyl groups is 1. The summed E-state index contributed by atoms with van der Waals surface area (Å²) in [6.45, 7) is 6.58. The van der Waals surface area contributed by atoms with Gasteiger partial charge in [-0.25, -0.2) is 0 Å². The normalized spacial score (nSPS) is 12.8. The van der Waals surface area contributed by atoms with Crippen LogP contribution in [0.1, 0.15) is 31.4 Å². The second-order valence-corrected chi connectivity index (χ2v) is 3.08. The van der Waals surface area contributed by atoms with Gasteiger partial charge in [0.1, 0.15) is 0 Å². The van der Waals surface area contributed by atoms with Crippen LogP contribution >= 0.6 is 0 Å². The lowest BCUT2D eigenvalue weighted by molar-refractivity contribution is 0.181. The van der Waals surface area contributed by atoms with Crippen LogP contribution in [0.2, 0.25) is 0 Å². The predicted octanol–water partition coefficient (Wildman–Crippen LogP) is 1.90. The fourth-order valence-electron chi connectivity index (χ4n) is 1.20. The van der Waals surface area contributed by atoms with Gasteiger partial charge in [-0.3, -0.25) is 4.68 Å². The Morgan fingerprint density at radius 3 is 3.15 bits per heavy atom. The summed E-state index contributed by atoms with van der Waals surface area (Å²) in [5.74, 6) is 0. The first-order valence-electron chi connectivity index (χ1n) is 4.59. The average Bonchev–Trinajstić information content (AvgIpc) is 2.54. The largest absolute Gasteiger partial charge is 0.388 e. The highest BCUT2D eigenvalue weighted by atomic mass is 16.3. The van der Waals surface area contributed by atoms with E-state index >= 15 is 0 Å². The Balaban J connectivity index is 2.61. The third-order valence-electron chi connectivity index (χ3n) is 1.88. The summed E-state index contributed by atoms with van der Waals surface area (Å²) in [7, 11) is 0. The van der Waals surface area contributed by atoms with Gasteiger partial charge in [0.15, 0.2) is 0 Å². The maximum Gasteiger partial charge on any atom is 0.0854 e. The molecule has 0 fully saturated rings. The Morgan fingerprint density at radius 1 is 1.77 bits per heavy atom. The molecule has 1 heterocycles. The zero-order valence-electron chi connectivity index (χ0n) is 7.98. The highest BCUT2D eigenvalue weighted by Gasteiger charge is 2.07. The van der Waals surface area contributed by atoms with Gasteiger partial charge in [0.2, 0.25) is 0 Å². The molecule has 0 aliphatic rings. The molecule has 1 rings (SSSR count). The molecule has 1 aromatic rings. The molecule has 1 aromatic heterocycles. The fourth-order valence-corrected chi connectivity index (χ4v) is 1.20. The molecule has 0 saturated heterocycles. The van der Waals surface area contributed by atoms with Crippen molar-refractivity contribution < 1.29 is 5.11 Å². The molecule has 3 nitrogen and oxygen atoms in total. The van der Waals surface area contributed by atoms with Crippen LogP contribution in [0, 0.1) is 0 Å². The smallest absolute Gasteiger partial charge is 0.0854 e. The van der Waals surface area contributed by atoms with Crippen molar-refractivity contribution in [2.45, 2.75) is 32.4 Å². The number of aryl methyl sites for hydroxylation is 1. The van der Waals surface area contributed by atoms with E-state index in [0.717, 1.165) is 18.5 Å². The zero-order valence-corrected chi connectivity index (χ0v) is 7.98. The minimum Gasteiger partial charge on any atom is -0.388 e. The van der Waals surface area contributed by atoms with Gasteiger partial charge in [-0.15, -0.1) is 6.58 Å². The lowest BCUT2D eigenvalue weighted by atomic mass is 10.1. The SMILES string of the molecule is C=CCC(O)c1cnn(CCC)c1. The third-order valence-corrected chi connectivity index (χ3v) is 1.88. The minimum atomic E-state index is -0.455. The molecule has 0 aliphatic carbocycles. The number of aromatic nitrogens is 2. The molecule has 72 valence electrons. The molecule has 0 aliphatic heterocycles. The molecule has 1 N–H and O–H groups in total. The summed E-state index contributed by atoms with van der Waals surface area (Å²) < 4.78 is 1.85. The summed E-state index contributed by atoms with van der Waals surface area (Å²) in [6, 6.07) is 0. The first kappa shape index (κ1) is 9.99. The average molecular weight is 180 g/mol. The van der Waals surface area contributed by atoms with E-state index in [2.05, 4.69) is 18.6 Å². The molecule has 13 heavy (non-hydrogen) atoms. The molecule has 3 heteroatoms. The number of nitrogens with zero attached hydrogens (tertiary/aromatic N) is 2. The third kappa shape index (κ3) is 2.70. The highest BCUT2D eigenvalue weighted by Crippen LogP contribution is 2.15. The first-order valence-corrected chi connectivity index (χ1v) is 4.59. The van der Waals surface area contributed by atoms with Crippen LogP contribution in [-0.4, -0.2) is 14.9 Å². The van der Waals surface area contributed by atoms with Crippen molar-refractivity contribution in [2.75, 3.05) is 0 Å². The molecule has 0 bridgehead atoms. The topological polar surface area (TPSA) is 38.1 Å². The summed E-state index contributed by atoms with van der Waals surface area (Å²) in [5, 5.41) is 13.7. The Bertz CT molecular complexity index is 268.